The molecule has 0 aromatic heterocycles. The predicted octanol–water partition coefficient (Wildman–Crippen LogP) is 0.507. The summed E-state index contributed by atoms with van der Waals surface area (Å²) in [5.41, 5.74) is 0.279. The molecule has 6 nitrogen and oxygen atoms in total. The Balaban J connectivity index is 2.85. The number of hydrogen-bond donors (Lipinski definition) is 4. The highest BCUT2D eigenvalue weighted by atomic mass is 32.2. The maximum Gasteiger partial charge on any atom is 0.313 e. The summed E-state index contributed by atoms with van der Waals surface area (Å²) in [6, 6.07) is 4.05. The number of carboxylic acid groups (broad SMARTS) is 1. The zero-order chi connectivity index (χ0) is 12.1. The molecule has 1 aromatic rings. The molecule has 0 amide bonds. The van der Waals surface area contributed by atoms with Crippen molar-refractivity contribution < 1.29 is 23.4 Å². The van der Waals surface area contributed by atoms with Crippen molar-refractivity contribution >= 4 is 34.3 Å². The van der Waals surface area contributed by atoms with E-state index in [1.165, 1.54) is 18.2 Å². The number of anilines is 1. The van der Waals surface area contributed by atoms with Gasteiger partial charge in [-0.25, -0.2) is 8.42 Å². The number of nitrogens with one attached hydrogen (secondary N) is 1. The van der Waals surface area contributed by atoms with Gasteiger partial charge < -0.3 is 10.2 Å². The Hall–Kier alpha value is -1.41. The van der Waals surface area contributed by atoms with Crippen LogP contribution in [0, 0.1) is 0 Å². The standard InChI is InChI=1S/C8H9NO5S2/c10-6-2-1-5(9-16(13)14)3-7(6)15-4-8(11)12/h1-3,10,16H,4H2,(H,11,12)(H,9,13,14). The number of phenols is 1. The van der Waals surface area contributed by atoms with E-state index in [0.717, 1.165) is 11.8 Å². The van der Waals surface area contributed by atoms with Gasteiger partial charge in [0.15, 0.2) is 0 Å². The number of hydrogen-bond acceptors (Lipinski definition) is 5. The zero-order valence-electron chi connectivity index (χ0n) is 7.91. The van der Waals surface area contributed by atoms with E-state index in [0.29, 0.717) is 4.90 Å². The predicted molar refractivity (Wildman–Crippen MR) is 60.4 cm³/mol. The van der Waals surface area contributed by atoms with Crippen LogP contribution in [0.25, 0.3) is 0 Å². The van der Waals surface area contributed by atoms with Gasteiger partial charge in [0, 0.05) is 5.69 Å². The molecule has 1 rings (SSSR count). The number of thiol groups is 1. The third-order valence-corrected chi connectivity index (χ3v) is 3.00. The van der Waals surface area contributed by atoms with Crippen LogP contribution in [0.4, 0.5) is 5.69 Å². The largest absolute Gasteiger partial charge is 0.507 e. The molecule has 0 aliphatic rings. The second-order valence-electron chi connectivity index (χ2n) is 2.73. The molecule has 0 aliphatic heterocycles. The topological polar surface area (TPSA) is 104 Å². The number of thioether (sulfide) groups is 1. The van der Waals surface area contributed by atoms with E-state index in [4.69, 9.17) is 5.11 Å². The monoisotopic (exact) mass is 263 g/mol. The van der Waals surface area contributed by atoms with Crippen LogP contribution in [0.15, 0.2) is 23.1 Å². The Morgan fingerprint density at radius 3 is 2.69 bits per heavy atom. The molecule has 0 saturated carbocycles. The number of carboxylic acids is 1. The Morgan fingerprint density at radius 1 is 1.44 bits per heavy atom. The highest BCUT2D eigenvalue weighted by Crippen LogP contribution is 2.30. The average molecular weight is 263 g/mol. The van der Waals surface area contributed by atoms with E-state index in [2.05, 4.69) is 4.72 Å². The molecule has 0 spiro atoms. The van der Waals surface area contributed by atoms with E-state index in [-0.39, 0.29) is 17.2 Å². The average Bonchev–Trinajstić information content (AvgIpc) is 2.18. The molecule has 88 valence electrons. The van der Waals surface area contributed by atoms with Crippen LogP contribution in [0.3, 0.4) is 0 Å². The maximum absolute atomic E-state index is 10.4. The maximum atomic E-state index is 10.4. The van der Waals surface area contributed by atoms with Crippen LogP contribution in [0.5, 0.6) is 5.75 Å². The van der Waals surface area contributed by atoms with Crippen molar-refractivity contribution in [2.24, 2.45) is 0 Å². The van der Waals surface area contributed by atoms with E-state index in [1.54, 1.807) is 0 Å². The third kappa shape index (κ3) is 3.99. The summed E-state index contributed by atoms with van der Waals surface area (Å²) in [7, 11) is -2.78. The molecule has 8 heteroatoms. The molecule has 0 heterocycles. The second kappa shape index (κ2) is 5.61. The van der Waals surface area contributed by atoms with Crippen LogP contribution < -0.4 is 4.72 Å². The highest BCUT2D eigenvalue weighted by Gasteiger charge is 2.06. The van der Waals surface area contributed by atoms with Crippen molar-refractivity contribution in [2.45, 2.75) is 4.90 Å². The van der Waals surface area contributed by atoms with Crippen molar-refractivity contribution in [2.75, 3.05) is 10.5 Å². The van der Waals surface area contributed by atoms with Gasteiger partial charge in [0.05, 0.1) is 10.6 Å². The zero-order valence-corrected chi connectivity index (χ0v) is 9.62. The Labute approximate surface area is 97.4 Å². The highest BCUT2D eigenvalue weighted by molar-refractivity contribution is 8.00. The fraction of sp³-hybridized carbons (Fsp3) is 0.125. The normalized spacial score (nSPS) is 10.3. The fourth-order valence-electron chi connectivity index (χ4n) is 0.944. The quantitative estimate of drug-likeness (QED) is 0.350. The van der Waals surface area contributed by atoms with E-state index in [9.17, 15) is 18.3 Å². The molecule has 0 unspecified atom stereocenters. The minimum Gasteiger partial charge on any atom is -0.507 e. The molecule has 0 atom stereocenters. The lowest BCUT2D eigenvalue weighted by atomic mass is 10.3. The summed E-state index contributed by atoms with van der Waals surface area (Å²) >= 11 is 0.910. The molecule has 0 saturated heterocycles. The Kier molecular flexibility index (Phi) is 4.44. The molecule has 1 aromatic carbocycles. The lowest BCUT2D eigenvalue weighted by Gasteiger charge is -2.05. The van der Waals surface area contributed by atoms with Gasteiger partial charge in [-0.05, 0) is 18.2 Å². The first-order chi connectivity index (χ1) is 7.49. The van der Waals surface area contributed by atoms with Gasteiger partial charge in [0.25, 0.3) is 0 Å². The minimum absolute atomic E-state index is 0.0853. The first kappa shape index (κ1) is 12.7. The van der Waals surface area contributed by atoms with Crippen molar-refractivity contribution in [1.29, 1.82) is 0 Å². The van der Waals surface area contributed by atoms with Crippen LogP contribution in [0.2, 0.25) is 0 Å². The van der Waals surface area contributed by atoms with Crippen LogP contribution in [0.1, 0.15) is 0 Å². The van der Waals surface area contributed by atoms with Gasteiger partial charge in [-0.2, -0.15) is 0 Å². The van der Waals surface area contributed by atoms with Crippen molar-refractivity contribution in [3.63, 3.8) is 0 Å². The summed E-state index contributed by atoms with van der Waals surface area (Å²) in [5, 5.41) is 17.9. The lowest BCUT2D eigenvalue weighted by Crippen LogP contribution is -1.98. The summed E-state index contributed by atoms with van der Waals surface area (Å²) in [5.74, 6) is -1.31. The van der Waals surface area contributed by atoms with E-state index in [1.807, 2.05) is 0 Å². The van der Waals surface area contributed by atoms with E-state index >= 15 is 0 Å². The third-order valence-electron chi connectivity index (χ3n) is 1.53. The van der Waals surface area contributed by atoms with Crippen molar-refractivity contribution in [1.82, 2.24) is 0 Å². The number of aromatic hydroxyl groups is 1. The molecule has 0 fully saturated rings. The van der Waals surface area contributed by atoms with Crippen LogP contribution in [-0.4, -0.2) is 30.4 Å². The van der Waals surface area contributed by atoms with Gasteiger partial charge in [0.1, 0.15) is 5.75 Å². The van der Waals surface area contributed by atoms with Crippen molar-refractivity contribution in [3.05, 3.63) is 18.2 Å². The van der Waals surface area contributed by atoms with Gasteiger partial charge in [-0.1, -0.05) is 0 Å². The van der Waals surface area contributed by atoms with Gasteiger partial charge in [0.2, 0.25) is 10.9 Å². The minimum atomic E-state index is -2.78. The number of rotatable bonds is 5. The van der Waals surface area contributed by atoms with Gasteiger partial charge in [-0.3, -0.25) is 9.52 Å². The second-order valence-corrected chi connectivity index (χ2v) is 4.49. The first-order valence-corrected chi connectivity index (χ1v) is 6.24. The molecular formula is C8H9NO5S2. The van der Waals surface area contributed by atoms with Crippen LogP contribution >= 0.6 is 11.8 Å². The first-order valence-electron chi connectivity index (χ1n) is 4.07. The van der Waals surface area contributed by atoms with Gasteiger partial charge in [-0.15, -0.1) is 11.8 Å². The number of phenolic OH excluding ortho intramolecular Hbond substituents is 1. The Bertz CT molecular complexity index is 463. The van der Waals surface area contributed by atoms with Crippen LogP contribution in [-0.2, 0) is 15.7 Å². The molecule has 0 aliphatic carbocycles. The SMILES string of the molecule is O=C(O)CSc1cc(N[SH](=O)=O)ccc1O. The number of carbonyl (C=O) groups is 1. The Morgan fingerprint density at radius 2 is 2.12 bits per heavy atom. The number of aliphatic carboxylic acids is 1. The van der Waals surface area contributed by atoms with E-state index < -0.39 is 16.9 Å². The molecule has 0 bridgehead atoms. The summed E-state index contributed by atoms with van der Waals surface area (Å²) in [4.78, 5) is 10.6. The number of benzene rings is 1. The summed E-state index contributed by atoms with van der Waals surface area (Å²) in [6.45, 7) is 0. The molecular weight excluding hydrogens is 254 g/mol. The lowest BCUT2D eigenvalue weighted by molar-refractivity contribution is -0.133. The summed E-state index contributed by atoms with van der Waals surface area (Å²) in [6.07, 6.45) is 0. The smallest absolute Gasteiger partial charge is 0.313 e. The van der Waals surface area contributed by atoms with Gasteiger partial charge >= 0.3 is 5.97 Å². The van der Waals surface area contributed by atoms with Crippen molar-refractivity contribution in [3.8, 4) is 5.75 Å². The molecule has 16 heavy (non-hydrogen) atoms. The molecule has 0 radical (unpaired) electrons. The summed E-state index contributed by atoms with van der Waals surface area (Å²) < 4.78 is 22.9. The molecule has 3 N–H and O–H groups in total. The fourth-order valence-corrected chi connectivity index (χ4v) is 2.00.